The number of nitrogens with two attached hydrogens (primary N) is 1. The normalized spacial score (nSPS) is 14.4. The molecule has 0 saturated carbocycles. The molecular formula is C18H31F2NSi. The summed E-state index contributed by atoms with van der Waals surface area (Å²) in [6.45, 7) is 18.2. The van der Waals surface area contributed by atoms with Crippen LogP contribution in [0.4, 0.5) is 8.22 Å². The van der Waals surface area contributed by atoms with E-state index in [9.17, 15) is 8.22 Å². The topological polar surface area (TPSA) is 26.0 Å². The third-order valence-electron chi connectivity index (χ3n) is 3.95. The average molecular weight is 328 g/mol. The molecule has 0 saturated heterocycles. The summed E-state index contributed by atoms with van der Waals surface area (Å²) < 4.78 is 28.8. The molecule has 0 aromatic heterocycles. The van der Waals surface area contributed by atoms with Gasteiger partial charge in [-0.15, -0.1) is 0 Å². The molecule has 126 valence electrons. The summed E-state index contributed by atoms with van der Waals surface area (Å²) in [5, 5.41) is 5.54. The molecule has 1 nitrogen and oxygen atoms in total. The summed E-state index contributed by atoms with van der Waals surface area (Å²) in [5.74, 6) is 0. The monoisotopic (exact) mass is 327 g/mol. The highest BCUT2D eigenvalue weighted by Gasteiger charge is 2.43. The van der Waals surface area contributed by atoms with Gasteiger partial charge >= 0.3 is 8.90 Å². The average Bonchev–Trinajstić information content (AvgIpc) is 2.22. The van der Waals surface area contributed by atoms with Crippen molar-refractivity contribution in [2.24, 2.45) is 5.40 Å². The molecule has 0 radical (unpaired) electrons. The minimum absolute atomic E-state index is 0.0933. The first-order valence-corrected chi connectivity index (χ1v) is 9.65. The maximum Gasteiger partial charge on any atom is 0.535 e. The Morgan fingerprint density at radius 1 is 0.727 bits per heavy atom. The molecule has 2 N–H and O–H groups in total. The van der Waals surface area contributed by atoms with E-state index in [1.165, 1.54) is 0 Å². The molecule has 22 heavy (non-hydrogen) atoms. The van der Waals surface area contributed by atoms with Gasteiger partial charge in [0.1, 0.15) is 0 Å². The van der Waals surface area contributed by atoms with Gasteiger partial charge in [-0.1, -0.05) is 74.4 Å². The molecule has 1 aromatic rings. The first kappa shape index (κ1) is 19.3. The van der Waals surface area contributed by atoms with Crippen LogP contribution in [0.1, 0.15) is 79.0 Å². The van der Waals surface area contributed by atoms with Crippen molar-refractivity contribution in [3.63, 3.8) is 0 Å². The molecule has 0 amide bonds. The van der Waals surface area contributed by atoms with Gasteiger partial charge < -0.3 is 0 Å². The fraction of sp³-hybridized carbons (Fsp3) is 0.667. The molecule has 1 aromatic carbocycles. The van der Waals surface area contributed by atoms with Gasteiger partial charge in [0, 0.05) is 5.19 Å². The fourth-order valence-corrected chi connectivity index (χ4v) is 4.23. The third kappa shape index (κ3) is 4.16. The first-order valence-electron chi connectivity index (χ1n) is 7.82. The van der Waals surface area contributed by atoms with Gasteiger partial charge in [-0.25, -0.2) is 8.22 Å². The SMILES string of the molecule is CC(C)(C)c1cc(C(C)(C)C)c([Si](N)(F)F)c(C(C)(C)C)c1. The summed E-state index contributed by atoms with van der Waals surface area (Å²) in [6.07, 6.45) is 0. The molecule has 1 rings (SSSR count). The van der Waals surface area contributed by atoms with Crippen LogP contribution in [0.5, 0.6) is 0 Å². The Kier molecular flexibility index (Phi) is 4.75. The minimum atomic E-state index is -4.92. The Morgan fingerprint density at radius 2 is 1.05 bits per heavy atom. The van der Waals surface area contributed by atoms with E-state index in [0.29, 0.717) is 11.1 Å². The molecule has 0 fully saturated rings. The van der Waals surface area contributed by atoms with Crippen molar-refractivity contribution in [2.45, 2.75) is 78.6 Å². The van der Waals surface area contributed by atoms with Gasteiger partial charge in [0.25, 0.3) is 0 Å². The fourth-order valence-electron chi connectivity index (χ4n) is 2.62. The van der Waals surface area contributed by atoms with Crippen molar-refractivity contribution in [2.75, 3.05) is 0 Å². The van der Waals surface area contributed by atoms with Gasteiger partial charge in [0.15, 0.2) is 0 Å². The Morgan fingerprint density at radius 3 is 1.23 bits per heavy atom. The second kappa shape index (κ2) is 5.41. The summed E-state index contributed by atoms with van der Waals surface area (Å²) in [7, 11) is -4.92. The summed E-state index contributed by atoms with van der Waals surface area (Å²) in [4.78, 5) is 0. The predicted octanol–water partition coefficient (Wildman–Crippen LogP) is 4.62. The zero-order valence-corrected chi connectivity index (χ0v) is 16.5. The summed E-state index contributed by atoms with van der Waals surface area (Å²) in [6, 6.07) is 3.89. The van der Waals surface area contributed by atoms with Crippen molar-refractivity contribution < 1.29 is 8.22 Å². The smallest absolute Gasteiger partial charge is 0.297 e. The Balaban J connectivity index is 3.96. The van der Waals surface area contributed by atoms with E-state index in [2.05, 4.69) is 20.8 Å². The zero-order valence-electron chi connectivity index (χ0n) is 15.5. The van der Waals surface area contributed by atoms with Gasteiger partial charge in [-0.3, -0.25) is 5.40 Å². The lowest BCUT2D eigenvalue weighted by Gasteiger charge is -2.34. The molecule has 4 heteroatoms. The van der Waals surface area contributed by atoms with E-state index in [-0.39, 0.29) is 21.4 Å². The standard InChI is InChI=1S/C18H31F2NSi/c1-16(2,3)12-10-13(17(4,5)6)15(22(19,20)21)14(11-12)18(7,8)9/h10-11H,21H2,1-9H3. The highest BCUT2D eigenvalue weighted by molar-refractivity contribution is 6.78. The maximum absolute atomic E-state index is 14.4. The highest BCUT2D eigenvalue weighted by atomic mass is 28.4. The third-order valence-corrected chi connectivity index (χ3v) is 5.16. The minimum Gasteiger partial charge on any atom is -0.297 e. The van der Waals surface area contributed by atoms with Crippen LogP contribution in [0, 0.1) is 0 Å². The van der Waals surface area contributed by atoms with Gasteiger partial charge in [0.2, 0.25) is 0 Å². The second-order valence-electron chi connectivity index (χ2n) is 9.32. The molecule has 0 unspecified atom stereocenters. The van der Waals surface area contributed by atoms with Crippen molar-refractivity contribution in [3.05, 3.63) is 28.8 Å². The van der Waals surface area contributed by atoms with Crippen LogP contribution >= 0.6 is 0 Å². The number of halogens is 2. The van der Waals surface area contributed by atoms with E-state index in [4.69, 9.17) is 5.40 Å². The van der Waals surface area contributed by atoms with Gasteiger partial charge in [-0.05, 0) is 32.9 Å². The lowest BCUT2D eigenvalue weighted by molar-refractivity contribution is 0.544. The van der Waals surface area contributed by atoms with E-state index >= 15 is 0 Å². The van der Waals surface area contributed by atoms with E-state index in [1.807, 2.05) is 53.7 Å². The van der Waals surface area contributed by atoms with Crippen molar-refractivity contribution in [1.29, 1.82) is 0 Å². The van der Waals surface area contributed by atoms with E-state index < -0.39 is 8.90 Å². The zero-order chi connectivity index (χ0) is 17.7. The lowest BCUT2D eigenvalue weighted by Crippen LogP contribution is -2.55. The van der Waals surface area contributed by atoms with Crippen LogP contribution < -0.4 is 10.6 Å². The van der Waals surface area contributed by atoms with Crippen molar-refractivity contribution in [3.8, 4) is 0 Å². The quantitative estimate of drug-likeness (QED) is 0.591. The molecule has 0 spiro atoms. The van der Waals surface area contributed by atoms with Crippen molar-refractivity contribution in [1.82, 2.24) is 0 Å². The number of hydrogen-bond acceptors (Lipinski definition) is 1. The summed E-state index contributed by atoms with van der Waals surface area (Å²) in [5.41, 5.74) is 1.65. The lowest BCUT2D eigenvalue weighted by atomic mass is 9.75. The van der Waals surface area contributed by atoms with E-state index in [1.54, 1.807) is 0 Å². The maximum atomic E-state index is 14.4. The van der Waals surface area contributed by atoms with Crippen LogP contribution in [0.15, 0.2) is 12.1 Å². The number of benzene rings is 1. The molecule has 0 aliphatic heterocycles. The van der Waals surface area contributed by atoms with E-state index in [0.717, 1.165) is 5.56 Å². The molecule has 0 atom stereocenters. The van der Waals surface area contributed by atoms with Crippen LogP contribution in [0.2, 0.25) is 0 Å². The first-order chi connectivity index (χ1) is 9.45. The summed E-state index contributed by atoms with van der Waals surface area (Å²) >= 11 is 0. The van der Waals surface area contributed by atoms with Crippen LogP contribution in [-0.2, 0) is 16.2 Å². The number of rotatable bonds is 1. The van der Waals surface area contributed by atoms with Crippen LogP contribution in [0.3, 0.4) is 0 Å². The molecule has 0 aliphatic rings. The predicted molar refractivity (Wildman–Crippen MR) is 94.3 cm³/mol. The van der Waals surface area contributed by atoms with Crippen LogP contribution in [0.25, 0.3) is 0 Å². The highest BCUT2D eigenvalue weighted by Crippen LogP contribution is 2.34. The Hall–Kier alpha value is -0.743. The number of hydrogen-bond donors (Lipinski definition) is 1. The van der Waals surface area contributed by atoms with Crippen LogP contribution in [-0.4, -0.2) is 8.90 Å². The molecule has 0 bridgehead atoms. The van der Waals surface area contributed by atoms with Crippen molar-refractivity contribution >= 4 is 14.1 Å². The Bertz CT molecular complexity index is 517. The molecule has 0 heterocycles. The molecular weight excluding hydrogens is 296 g/mol. The second-order valence-corrected chi connectivity index (χ2v) is 11.1. The van der Waals surface area contributed by atoms with Gasteiger partial charge in [-0.2, -0.15) is 0 Å². The largest absolute Gasteiger partial charge is 0.535 e. The Labute approximate surface area is 135 Å². The molecule has 0 aliphatic carbocycles. The van der Waals surface area contributed by atoms with Gasteiger partial charge in [0.05, 0.1) is 0 Å².